The van der Waals surface area contributed by atoms with Crippen molar-refractivity contribution in [1.29, 1.82) is 0 Å². The summed E-state index contributed by atoms with van der Waals surface area (Å²) in [6.07, 6.45) is -3.90. The molecule has 0 aromatic heterocycles. The van der Waals surface area contributed by atoms with Gasteiger partial charge in [-0.25, -0.2) is 0 Å². The topological polar surface area (TPSA) is 55.1 Å². The van der Waals surface area contributed by atoms with Gasteiger partial charge < -0.3 is 11.1 Å². The molecule has 0 unspecified atom stereocenters. The second-order valence-corrected chi connectivity index (χ2v) is 4.77. The SMILES string of the molecule is NCCc1cccc(C(=O)NC2(C(F)(F)F)CC2)c1. The molecule has 1 saturated carbocycles. The number of amides is 1. The summed E-state index contributed by atoms with van der Waals surface area (Å²) >= 11 is 0. The first-order chi connectivity index (χ1) is 8.88. The Balaban J connectivity index is 2.10. The standard InChI is InChI=1S/C13H15F3N2O/c14-13(15,16)12(5-6-12)18-11(19)10-3-1-2-9(8-10)4-7-17/h1-3,8H,4-7,17H2,(H,18,19). The van der Waals surface area contributed by atoms with Crippen LogP contribution in [0.2, 0.25) is 0 Å². The molecule has 1 aliphatic carbocycles. The van der Waals surface area contributed by atoms with Crippen molar-refractivity contribution in [2.45, 2.75) is 31.0 Å². The van der Waals surface area contributed by atoms with Gasteiger partial charge in [0, 0.05) is 5.56 Å². The lowest BCUT2D eigenvalue weighted by Crippen LogP contribution is -2.47. The molecular formula is C13H15F3N2O. The van der Waals surface area contributed by atoms with Gasteiger partial charge >= 0.3 is 6.18 Å². The number of rotatable bonds is 4. The van der Waals surface area contributed by atoms with Gasteiger partial charge in [0.2, 0.25) is 0 Å². The van der Waals surface area contributed by atoms with Gasteiger partial charge in [0.15, 0.2) is 0 Å². The average molecular weight is 272 g/mol. The third-order valence-corrected chi connectivity index (χ3v) is 3.27. The van der Waals surface area contributed by atoms with E-state index in [2.05, 4.69) is 5.32 Å². The zero-order valence-electron chi connectivity index (χ0n) is 10.3. The molecule has 0 aliphatic heterocycles. The second kappa shape index (κ2) is 4.85. The maximum atomic E-state index is 12.7. The fourth-order valence-corrected chi connectivity index (χ4v) is 1.93. The minimum atomic E-state index is -4.39. The quantitative estimate of drug-likeness (QED) is 0.881. The lowest BCUT2D eigenvalue weighted by Gasteiger charge is -2.20. The van der Waals surface area contributed by atoms with Gasteiger partial charge in [0.25, 0.3) is 5.91 Å². The fraction of sp³-hybridized carbons (Fsp3) is 0.462. The number of hydrogen-bond donors (Lipinski definition) is 2. The van der Waals surface area contributed by atoms with E-state index in [0.29, 0.717) is 13.0 Å². The van der Waals surface area contributed by atoms with Crippen LogP contribution in [0.3, 0.4) is 0 Å². The highest BCUT2D eigenvalue weighted by atomic mass is 19.4. The number of benzene rings is 1. The monoisotopic (exact) mass is 272 g/mol. The van der Waals surface area contributed by atoms with Crippen LogP contribution in [0.5, 0.6) is 0 Å². The van der Waals surface area contributed by atoms with Crippen LogP contribution in [0.25, 0.3) is 0 Å². The van der Waals surface area contributed by atoms with E-state index in [1.54, 1.807) is 18.2 Å². The number of carbonyl (C=O) groups excluding carboxylic acids is 1. The molecule has 6 heteroatoms. The first-order valence-electron chi connectivity index (χ1n) is 6.06. The Labute approximate surface area is 109 Å². The molecule has 0 atom stereocenters. The molecule has 0 spiro atoms. The van der Waals surface area contributed by atoms with Crippen LogP contribution in [-0.4, -0.2) is 24.2 Å². The van der Waals surface area contributed by atoms with Crippen molar-refractivity contribution in [1.82, 2.24) is 5.32 Å². The number of nitrogens with two attached hydrogens (primary N) is 1. The molecule has 1 aromatic carbocycles. The highest BCUT2D eigenvalue weighted by Crippen LogP contribution is 2.49. The Morgan fingerprint density at radius 2 is 2.05 bits per heavy atom. The zero-order chi connectivity index (χ0) is 14.1. The fourth-order valence-electron chi connectivity index (χ4n) is 1.93. The van der Waals surface area contributed by atoms with Crippen molar-refractivity contribution in [2.24, 2.45) is 5.73 Å². The maximum Gasteiger partial charge on any atom is 0.411 e. The lowest BCUT2D eigenvalue weighted by atomic mass is 10.1. The minimum Gasteiger partial charge on any atom is -0.338 e. The molecule has 0 saturated heterocycles. The number of alkyl halides is 3. The number of hydrogen-bond acceptors (Lipinski definition) is 2. The van der Waals surface area contributed by atoms with E-state index in [0.717, 1.165) is 5.56 Å². The third-order valence-electron chi connectivity index (χ3n) is 3.27. The summed E-state index contributed by atoms with van der Waals surface area (Å²) < 4.78 is 38.2. The van der Waals surface area contributed by atoms with Crippen LogP contribution in [-0.2, 0) is 6.42 Å². The van der Waals surface area contributed by atoms with E-state index < -0.39 is 17.6 Å². The van der Waals surface area contributed by atoms with Crippen LogP contribution in [0.15, 0.2) is 24.3 Å². The first kappa shape index (κ1) is 13.9. The zero-order valence-corrected chi connectivity index (χ0v) is 10.3. The summed E-state index contributed by atoms with van der Waals surface area (Å²) in [5.41, 5.74) is 4.46. The van der Waals surface area contributed by atoms with Crippen LogP contribution < -0.4 is 11.1 Å². The van der Waals surface area contributed by atoms with Gasteiger partial charge in [-0.05, 0) is 43.5 Å². The molecule has 1 fully saturated rings. The summed E-state index contributed by atoms with van der Waals surface area (Å²) in [6, 6.07) is 6.52. The summed E-state index contributed by atoms with van der Waals surface area (Å²) in [5.74, 6) is -0.686. The van der Waals surface area contributed by atoms with Crippen molar-refractivity contribution >= 4 is 5.91 Å². The predicted molar refractivity (Wildman–Crippen MR) is 64.7 cm³/mol. The Morgan fingerprint density at radius 3 is 2.58 bits per heavy atom. The maximum absolute atomic E-state index is 12.7. The number of halogens is 3. The Hall–Kier alpha value is -1.56. The smallest absolute Gasteiger partial charge is 0.338 e. The molecule has 3 nitrogen and oxygen atoms in total. The van der Waals surface area contributed by atoms with Gasteiger partial charge in [-0.15, -0.1) is 0 Å². The van der Waals surface area contributed by atoms with Crippen LogP contribution in [0.1, 0.15) is 28.8 Å². The van der Waals surface area contributed by atoms with Gasteiger partial charge in [-0.1, -0.05) is 12.1 Å². The lowest BCUT2D eigenvalue weighted by molar-refractivity contribution is -0.163. The highest BCUT2D eigenvalue weighted by Gasteiger charge is 2.64. The molecule has 104 valence electrons. The van der Waals surface area contributed by atoms with Crippen LogP contribution in [0, 0.1) is 0 Å². The van der Waals surface area contributed by atoms with E-state index in [1.807, 2.05) is 0 Å². The number of nitrogens with one attached hydrogen (secondary N) is 1. The number of carbonyl (C=O) groups is 1. The van der Waals surface area contributed by atoms with Gasteiger partial charge in [0.1, 0.15) is 5.54 Å². The van der Waals surface area contributed by atoms with E-state index >= 15 is 0 Å². The van der Waals surface area contributed by atoms with E-state index in [9.17, 15) is 18.0 Å². The summed E-state index contributed by atoms with van der Waals surface area (Å²) in [6.45, 7) is 0.428. The molecular weight excluding hydrogens is 257 g/mol. The normalized spacial score (nSPS) is 17.1. The van der Waals surface area contributed by atoms with E-state index in [4.69, 9.17) is 5.73 Å². The van der Waals surface area contributed by atoms with Gasteiger partial charge in [-0.3, -0.25) is 4.79 Å². The van der Waals surface area contributed by atoms with Crippen molar-refractivity contribution in [2.75, 3.05) is 6.54 Å². The third kappa shape index (κ3) is 2.89. The Morgan fingerprint density at radius 1 is 1.37 bits per heavy atom. The molecule has 1 aromatic rings. The second-order valence-electron chi connectivity index (χ2n) is 4.77. The molecule has 1 aliphatic rings. The summed E-state index contributed by atoms with van der Waals surface area (Å²) in [4.78, 5) is 11.9. The summed E-state index contributed by atoms with van der Waals surface area (Å²) in [5, 5.41) is 2.10. The highest BCUT2D eigenvalue weighted by molar-refractivity contribution is 5.95. The van der Waals surface area contributed by atoms with Crippen molar-refractivity contribution < 1.29 is 18.0 Å². The molecule has 2 rings (SSSR count). The molecule has 0 heterocycles. The Bertz CT molecular complexity index is 481. The van der Waals surface area contributed by atoms with Gasteiger partial charge in [0.05, 0.1) is 0 Å². The molecule has 19 heavy (non-hydrogen) atoms. The molecule has 3 N–H and O–H groups in total. The molecule has 0 radical (unpaired) electrons. The minimum absolute atomic E-state index is 0.0509. The van der Waals surface area contributed by atoms with Crippen LogP contribution in [0.4, 0.5) is 13.2 Å². The molecule has 0 bridgehead atoms. The Kier molecular flexibility index (Phi) is 3.54. The van der Waals surface area contributed by atoms with Crippen molar-refractivity contribution in [3.63, 3.8) is 0 Å². The molecule has 1 amide bonds. The van der Waals surface area contributed by atoms with E-state index in [-0.39, 0.29) is 18.4 Å². The van der Waals surface area contributed by atoms with Crippen molar-refractivity contribution in [3.05, 3.63) is 35.4 Å². The van der Waals surface area contributed by atoms with Crippen molar-refractivity contribution in [3.8, 4) is 0 Å². The summed E-state index contributed by atoms with van der Waals surface area (Å²) in [7, 11) is 0. The van der Waals surface area contributed by atoms with E-state index in [1.165, 1.54) is 6.07 Å². The van der Waals surface area contributed by atoms with Gasteiger partial charge in [-0.2, -0.15) is 13.2 Å². The van der Waals surface area contributed by atoms with Crippen LogP contribution >= 0.6 is 0 Å². The first-order valence-corrected chi connectivity index (χ1v) is 6.06. The predicted octanol–water partition coefficient (Wildman–Crippen LogP) is 2.01. The largest absolute Gasteiger partial charge is 0.411 e. The average Bonchev–Trinajstić information content (AvgIpc) is 3.10.